The van der Waals surface area contributed by atoms with E-state index in [1.165, 1.54) is 11.1 Å². The third-order valence-corrected chi connectivity index (χ3v) is 6.32. The molecule has 1 saturated heterocycles. The van der Waals surface area contributed by atoms with Gasteiger partial charge in [0.15, 0.2) is 12.9 Å². The average Bonchev–Trinajstić information content (AvgIpc) is 3.40. The number of cyclic esters (lactones) is 1. The molecule has 1 N–H and O–H groups in total. The van der Waals surface area contributed by atoms with Gasteiger partial charge >= 0.3 is 5.97 Å². The van der Waals surface area contributed by atoms with E-state index in [0.717, 1.165) is 23.2 Å². The fourth-order valence-corrected chi connectivity index (χ4v) is 4.84. The van der Waals surface area contributed by atoms with Crippen LogP contribution in [-0.4, -0.2) is 24.4 Å². The molecule has 3 aliphatic heterocycles. The molecule has 0 bridgehead atoms. The van der Waals surface area contributed by atoms with Crippen molar-refractivity contribution in [3.05, 3.63) is 101 Å². The molecule has 31 heavy (non-hydrogen) atoms. The highest BCUT2D eigenvalue weighted by molar-refractivity contribution is 5.95. The normalized spacial score (nSPS) is 24.3. The van der Waals surface area contributed by atoms with E-state index in [1.54, 1.807) is 0 Å². The number of fused-ring (bicyclic) bond motifs is 4. The quantitative estimate of drug-likeness (QED) is 0.648. The number of carbonyl (C=O) groups excluding carboxylic acids is 1. The van der Waals surface area contributed by atoms with Crippen molar-refractivity contribution in [3.63, 3.8) is 0 Å². The van der Waals surface area contributed by atoms with Crippen molar-refractivity contribution >= 4 is 11.7 Å². The van der Waals surface area contributed by atoms with Gasteiger partial charge in [-0.3, -0.25) is 4.84 Å². The minimum Gasteiger partial charge on any atom is -0.449 e. The van der Waals surface area contributed by atoms with E-state index in [0.29, 0.717) is 18.7 Å². The van der Waals surface area contributed by atoms with E-state index in [1.807, 2.05) is 59.7 Å². The summed E-state index contributed by atoms with van der Waals surface area (Å²) in [5, 5.41) is 5.23. The van der Waals surface area contributed by atoms with E-state index in [-0.39, 0.29) is 12.8 Å². The number of nitrogens with zero attached hydrogens (tertiary/aromatic N) is 1. The summed E-state index contributed by atoms with van der Waals surface area (Å²) >= 11 is 0. The summed E-state index contributed by atoms with van der Waals surface area (Å²) in [6.45, 7) is 1.49. The minimum absolute atomic E-state index is 0.133. The zero-order valence-electron chi connectivity index (χ0n) is 16.9. The topological polar surface area (TPSA) is 60.0 Å². The number of ether oxygens (including phenoxy) is 2. The Morgan fingerprint density at radius 2 is 1.87 bits per heavy atom. The molecule has 6 heteroatoms. The van der Waals surface area contributed by atoms with Crippen molar-refractivity contribution in [2.75, 3.05) is 18.7 Å². The number of rotatable bonds is 4. The average molecular weight is 414 g/mol. The van der Waals surface area contributed by atoms with Gasteiger partial charge in [-0.05, 0) is 29.7 Å². The molecule has 2 unspecified atom stereocenters. The highest BCUT2D eigenvalue weighted by Crippen LogP contribution is 2.53. The maximum Gasteiger partial charge on any atom is 0.339 e. The predicted octanol–water partition coefficient (Wildman–Crippen LogP) is 4.14. The first-order valence-corrected chi connectivity index (χ1v) is 10.5. The lowest BCUT2D eigenvalue weighted by molar-refractivity contribution is -0.229. The second-order valence-corrected chi connectivity index (χ2v) is 8.02. The van der Waals surface area contributed by atoms with Gasteiger partial charge in [0, 0.05) is 29.9 Å². The van der Waals surface area contributed by atoms with Crippen molar-refractivity contribution in [2.45, 2.75) is 24.8 Å². The number of carbonyl (C=O) groups is 1. The molecule has 6 nitrogen and oxygen atoms in total. The number of hydrogen-bond acceptors (Lipinski definition) is 6. The lowest BCUT2D eigenvalue weighted by atomic mass is 9.84. The molecule has 3 aliphatic rings. The van der Waals surface area contributed by atoms with E-state index >= 15 is 0 Å². The van der Waals surface area contributed by atoms with Crippen molar-refractivity contribution in [1.82, 2.24) is 5.06 Å². The first kappa shape index (κ1) is 18.6. The molecule has 3 heterocycles. The van der Waals surface area contributed by atoms with Crippen LogP contribution in [0.15, 0.2) is 72.8 Å². The summed E-state index contributed by atoms with van der Waals surface area (Å²) in [5.41, 5.74) is 4.66. The van der Waals surface area contributed by atoms with Crippen molar-refractivity contribution in [1.29, 1.82) is 0 Å². The van der Waals surface area contributed by atoms with E-state index in [4.69, 9.17) is 14.3 Å². The second-order valence-electron chi connectivity index (χ2n) is 8.02. The van der Waals surface area contributed by atoms with Gasteiger partial charge in [-0.2, -0.15) is 0 Å². The van der Waals surface area contributed by atoms with Crippen LogP contribution in [0.1, 0.15) is 38.7 Å². The molecule has 1 fully saturated rings. The number of anilines is 1. The maximum atomic E-state index is 12.9. The Morgan fingerprint density at radius 3 is 2.77 bits per heavy atom. The lowest BCUT2D eigenvalue weighted by Crippen LogP contribution is -2.50. The van der Waals surface area contributed by atoms with Crippen LogP contribution >= 0.6 is 0 Å². The number of nitrogens with one attached hydrogen (secondary N) is 1. The Balaban J connectivity index is 1.36. The fraction of sp³-hybridized carbons (Fsp3) is 0.240. The predicted molar refractivity (Wildman–Crippen MR) is 114 cm³/mol. The van der Waals surface area contributed by atoms with Crippen LogP contribution in [0.4, 0.5) is 5.69 Å². The lowest BCUT2D eigenvalue weighted by Gasteiger charge is -2.42. The van der Waals surface area contributed by atoms with Crippen LogP contribution in [0.2, 0.25) is 0 Å². The van der Waals surface area contributed by atoms with Crippen LogP contribution in [0.3, 0.4) is 0 Å². The molecular formula is C25H22N2O4. The summed E-state index contributed by atoms with van der Waals surface area (Å²) < 4.78 is 12.1. The van der Waals surface area contributed by atoms with Crippen LogP contribution in [-0.2, 0) is 33.0 Å². The SMILES string of the molecule is O=C1OC(C23OCON2CCc2ccccc23)c2ccc(NCc3ccccc3)cc21. The van der Waals surface area contributed by atoms with Gasteiger partial charge in [0.05, 0.1) is 5.56 Å². The summed E-state index contributed by atoms with van der Waals surface area (Å²) in [6, 6.07) is 24.1. The maximum absolute atomic E-state index is 12.9. The molecule has 0 aromatic heterocycles. The summed E-state index contributed by atoms with van der Waals surface area (Å²) in [4.78, 5) is 18.7. The van der Waals surface area contributed by atoms with Crippen molar-refractivity contribution in [3.8, 4) is 0 Å². The van der Waals surface area contributed by atoms with E-state index in [2.05, 4.69) is 23.5 Å². The highest BCUT2D eigenvalue weighted by atomic mass is 16.9. The zero-order chi connectivity index (χ0) is 20.8. The van der Waals surface area contributed by atoms with Gasteiger partial charge in [-0.25, -0.2) is 4.79 Å². The third-order valence-electron chi connectivity index (χ3n) is 6.32. The Bertz CT molecular complexity index is 1150. The molecule has 0 saturated carbocycles. The zero-order valence-corrected chi connectivity index (χ0v) is 16.9. The molecule has 6 rings (SSSR count). The first-order chi connectivity index (χ1) is 15.3. The number of hydrogen-bond donors (Lipinski definition) is 1. The molecule has 0 aliphatic carbocycles. The Hall–Kier alpha value is -3.19. The van der Waals surface area contributed by atoms with Gasteiger partial charge in [0.1, 0.15) is 0 Å². The summed E-state index contributed by atoms with van der Waals surface area (Å²) in [6.07, 6.45) is 0.263. The number of benzene rings is 3. The van der Waals surface area contributed by atoms with Crippen LogP contribution in [0.5, 0.6) is 0 Å². The van der Waals surface area contributed by atoms with Crippen molar-refractivity contribution < 1.29 is 19.1 Å². The molecule has 156 valence electrons. The first-order valence-electron chi connectivity index (χ1n) is 10.5. The number of esters is 1. The van der Waals surface area contributed by atoms with Crippen LogP contribution in [0.25, 0.3) is 0 Å². The minimum atomic E-state index is -0.964. The van der Waals surface area contributed by atoms with Gasteiger partial charge in [0.25, 0.3) is 0 Å². The summed E-state index contributed by atoms with van der Waals surface area (Å²) in [7, 11) is 0. The van der Waals surface area contributed by atoms with Gasteiger partial charge < -0.3 is 14.8 Å². The highest BCUT2D eigenvalue weighted by Gasteiger charge is 2.59. The largest absolute Gasteiger partial charge is 0.449 e. The fourth-order valence-electron chi connectivity index (χ4n) is 4.84. The van der Waals surface area contributed by atoms with E-state index in [9.17, 15) is 4.79 Å². The Morgan fingerprint density at radius 1 is 1.03 bits per heavy atom. The van der Waals surface area contributed by atoms with E-state index < -0.39 is 11.8 Å². The van der Waals surface area contributed by atoms with Gasteiger partial charge in [-0.1, -0.05) is 60.7 Å². The number of hydroxylamine groups is 2. The van der Waals surface area contributed by atoms with Gasteiger partial charge in [0.2, 0.25) is 5.72 Å². The Kier molecular flexibility index (Phi) is 4.31. The monoisotopic (exact) mass is 414 g/mol. The smallest absolute Gasteiger partial charge is 0.339 e. The molecule has 3 aromatic carbocycles. The van der Waals surface area contributed by atoms with Crippen LogP contribution in [0, 0.1) is 0 Å². The molecule has 2 atom stereocenters. The molecule has 0 spiro atoms. The summed E-state index contributed by atoms with van der Waals surface area (Å²) in [5.74, 6) is -0.337. The van der Waals surface area contributed by atoms with Gasteiger partial charge in [-0.15, -0.1) is 5.06 Å². The molecular weight excluding hydrogens is 392 g/mol. The molecule has 3 aromatic rings. The molecule has 0 amide bonds. The Labute approximate surface area is 180 Å². The van der Waals surface area contributed by atoms with Crippen LogP contribution < -0.4 is 5.32 Å². The standard InChI is InChI=1S/C25H22N2O4/c28-24-21-14-19(26-15-17-6-2-1-3-7-17)10-11-20(21)23(31-24)25-22-9-5-4-8-18(22)12-13-27(25)30-16-29-25/h1-11,14,23,26H,12-13,15-16H2. The second kappa shape index (κ2) is 7.20. The van der Waals surface area contributed by atoms with Crippen molar-refractivity contribution in [2.24, 2.45) is 0 Å². The molecule has 0 radical (unpaired) electrons. The third kappa shape index (κ3) is 2.87.